The number of halogens is 2. The van der Waals surface area contributed by atoms with Crippen molar-refractivity contribution in [2.45, 2.75) is 8.86 Å². The predicted octanol–water partition coefficient (Wildman–Crippen LogP) is 3.76. The molecule has 1 aromatic rings. The lowest BCUT2D eigenvalue weighted by atomic mass is 10.1. The van der Waals surface area contributed by atoms with Crippen LogP contribution in [0.15, 0.2) is 24.3 Å². The highest BCUT2D eigenvalue weighted by molar-refractivity contribution is 14.2. The number of carbonyl (C=O) groups excluding carboxylic acids is 1. The molecule has 1 rings (SSSR count). The quantitative estimate of drug-likeness (QED) is 0.430. The third kappa shape index (κ3) is 2.69. The van der Waals surface area contributed by atoms with Crippen molar-refractivity contribution in [3.05, 3.63) is 35.4 Å². The Morgan fingerprint density at radius 3 is 2.58 bits per heavy atom. The van der Waals surface area contributed by atoms with Crippen LogP contribution in [0.3, 0.4) is 0 Å². The van der Waals surface area contributed by atoms with Gasteiger partial charge in [-0.3, -0.25) is 4.79 Å². The molecule has 12 heavy (non-hydrogen) atoms. The molecule has 0 atom stereocenters. The van der Waals surface area contributed by atoms with Gasteiger partial charge in [0.1, 0.15) is 0 Å². The Balaban J connectivity index is 3.04. The van der Waals surface area contributed by atoms with Crippen LogP contribution in [0.25, 0.3) is 0 Å². The first-order chi connectivity index (χ1) is 5.61. The second-order valence-electron chi connectivity index (χ2n) is 2.48. The number of alkyl halides is 2. The number of Topliss-reactive ketones (excluding diaryl/α,β-unsaturated/α-hetero) is 1. The Hall–Kier alpha value is 0.350. The van der Waals surface area contributed by atoms with Gasteiger partial charge in [-0.2, -0.15) is 0 Å². The van der Waals surface area contributed by atoms with Crippen molar-refractivity contribution < 1.29 is 4.79 Å². The molecule has 0 saturated heterocycles. The monoisotopic (exact) mass is 386 g/mol. The van der Waals surface area contributed by atoms with Crippen LogP contribution in [0.1, 0.15) is 24.8 Å². The summed E-state index contributed by atoms with van der Waals surface area (Å²) in [6, 6.07) is 7.76. The third-order valence-electron chi connectivity index (χ3n) is 1.55. The largest absolute Gasteiger partial charge is 0.295 e. The summed E-state index contributed by atoms with van der Waals surface area (Å²) >= 11 is 4.65. The molecule has 0 aliphatic rings. The first-order valence-corrected chi connectivity index (χ1v) is 5.99. The van der Waals surface area contributed by atoms with Crippen LogP contribution in [-0.2, 0) is 0 Å². The van der Waals surface area contributed by atoms with E-state index in [0.29, 0.717) is 1.93 Å². The molecule has 0 bridgehead atoms. The minimum atomic E-state index is 0.130. The molecule has 64 valence electrons. The van der Waals surface area contributed by atoms with E-state index in [-0.39, 0.29) is 5.78 Å². The van der Waals surface area contributed by atoms with Gasteiger partial charge in [0.2, 0.25) is 0 Å². The van der Waals surface area contributed by atoms with Gasteiger partial charge in [0, 0.05) is 5.56 Å². The summed E-state index contributed by atoms with van der Waals surface area (Å²) in [7, 11) is 0. The van der Waals surface area contributed by atoms with Crippen molar-refractivity contribution in [2.24, 2.45) is 0 Å². The number of hydrogen-bond acceptors (Lipinski definition) is 1. The topological polar surface area (TPSA) is 17.1 Å². The van der Waals surface area contributed by atoms with E-state index in [1.165, 1.54) is 5.56 Å². The molecule has 0 fully saturated rings. The van der Waals surface area contributed by atoms with E-state index in [1.807, 2.05) is 24.3 Å². The van der Waals surface area contributed by atoms with Crippen molar-refractivity contribution >= 4 is 51.0 Å². The zero-order valence-electron chi connectivity index (χ0n) is 6.55. The Morgan fingerprint density at radius 2 is 2.08 bits per heavy atom. The molecule has 1 nitrogen and oxygen atoms in total. The van der Waals surface area contributed by atoms with Crippen molar-refractivity contribution in [3.8, 4) is 0 Å². The molecule has 0 spiro atoms. The van der Waals surface area contributed by atoms with Gasteiger partial charge in [0.25, 0.3) is 0 Å². The van der Waals surface area contributed by atoms with E-state index in [4.69, 9.17) is 0 Å². The second-order valence-corrected chi connectivity index (χ2v) is 7.36. The van der Waals surface area contributed by atoms with E-state index in [1.54, 1.807) is 6.92 Å². The molecule has 0 aliphatic heterocycles. The average molecular weight is 386 g/mol. The van der Waals surface area contributed by atoms with Crippen molar-refractivity contribution in [2.75, 3.05) is 0 Å². The molecule has 0 saturated carbocycles. The number of rotatable bonds is 2. The number of ketones is 1. The molecular formula is C9H8I2O. The summed E-state index contributed by atoms with van der Waals surface area (Å²) in [6.45, 7) is 1.59. The molecule has 0 heterocycles. The summed E-state index contributed by atoms with van der Waals surface area (Å²) in [5.74, 6) is 0.130. The fourth-order valence-electron chi connectivity index (χ4n) is 0.893. The molecule has 3 heteroatoms. The number of carbonyl (C=O) groups is 1. The maximum absolute atomic E-state index is 11.0. The van der Waals surface area contributed by atoms with Gasteiger partial charge in [-0.15, -0.1) is 0 Å². The highest BCUT2D eigenvalue weighted by Gasteiger charge is 2.04. The van der Waals surface area contributed by atoms with Gasteiger partial charge in [0.05, 0.1) is 1.93 Å². The lowest BCUT2D eigenvalue weighted by Gasteiger charge is -2.02. The zero-order chi connectivity index (χ0) is 9.14. The normalized spacial score (nSPS) is 10.3. The second kappa shape index (κ2) is 4.55. The van der Waals surface area contributed by atoms with Crippen molar-refractivity contribution in [1.29, 1.82) is 0 Å². The van der Waals surface area contributed by atoms with Crippen molar-refractivity contribution in [1.82, 2.24) is 0 Å². The average Bonchev–Trinajstić information content (AvgIpc) is 2.04. The van der Waals surface area contributed by atoms with Gasteiger partial charge in [-0.05, 0) is 18.6 Å². The smallest absolute Gasteiger partial charge is 0.159 e. The highest BCUT2D eigenvalue weighted by atomic mass is 127. The molecule has 0 N–H and O–H groups in total. The summed E-state index contributed by atoms with van der Waals surface area (Å²) in [4.78, 5) is 11.0. The first-order valence-electron chi connectivity index (χ1n) is 3.50. The van der Waals surface area contributed by atoms with Crippen LogP contribution >= 0.6 is 45.2 Å². The van der Waals surface area contributed by atoms with E-state index < -0.39 is 0 Å². The van der Waals surface area contributed by atoms with Gasteiger partial charge in [-0.25, -0.2) is 0 Å². The summed E-state index contributed by atoms with van der Waals surface area (Å²) in [5.41, 5.74) is 2.00. The molecule has 0 unspecified atom stereocenters. The fraction of sp³-hybridized carbons (Fsp3) is 0.222. The van der Waals surface area contributed by atoms with Crippen LogP contribution in [0.4, 0.5) is 0 Å². The molecule has 1 aromatic carbocycles. The number of hydrogen-bond donors (Lipinski definition) is 0. The van der Waals surface area contributed by atoms with E-state index >= 15 is 0 Å². The van der Waals surface area contributed by atoms with Crippen LogP contribution in [-0.4, -0.2) is 5.78 Å². The van der Waals surface area contributed by atoms with Crippen LogP contribution in [0.2, 0.25) is 0 Å². The Labute approximate surface area is 99.2 Å². The Morgan fingerprint density at radius 1 is 1.42 bits per heavy atom. The van der Waals surface area contributed by atoms with E-state index in [0.717, 1.165) is 5.56 Å². The SMILES string of the molecule is CC(=O)c1cccc(C(I)I)c1. The van der Waals surface area contributed by atoms with Crippen LogP contribution in [0.5, 0.6) is 0 Å². The summed E-state index contributed by atoms with van der Waals surface area (Å²) < 4.78 is 0.430. The third-order valence-corrected chi connectivity index (χ3v) is 2.98. The molecule has 0 amide bonds. The maximum Gasteiger partial charge on any atom is 0.159 e. The lowest BCUT2D eigenvalue weighted by Crippen LogP contribution is -1.92. The van der Waals surface area contributed by atoms with Crippen molar-refractivity contribution in [3.63, 3.8) is 0 Å². The van der Waals surface area contributed by atoms with E-state index in [9.17, 15) is 4.79 Å². The maximum atomic E-state index is 11.0. The van der Waals surface area contributed by atoms with Gasteiger partial charge >= 0.3 is 0 Å². The van der Waals surface area contributed by atoms with Crippen LogP contribution in [0, 0.1) is 0 Å². The Bertz CT molecular complexity index is 294. The predicted molar refractivity (Wildman–Crippen MR) is 67.2 cm³/mol. The Kier molecular flexibility index (Phi) is 3.95. The number of benzene rings is 1. The summed E-state index contributed by atoms with van der Waals surface area (Å²) in [6.07, 6.45) is 0. The zero-order valence-corrected chi connectivity index (χ0v) is 10.9. The van der Waals surface area contributed by atoms with Crippen LogP contribution < -0.4 is 0 Å². The minimum Gasteiger partial charge on any atom is -0.295 e. The molecular weight excluding hydrogens is 378 g/mol. The van der Waals surface area contributed by atoms with Gasteiger partial charge in [-0.1, -0.05) is 63.4 Å². The molecule has 0 aromatic heterocycles. The van der Waals surface area contributed by atoms with E-state index in [2.05, 4.69) is 45.2 Å². The first kappa shape index (κ1) is 10.4. The van der Waals surface area contributed by atoms with Gasteiger partial charge < -0.3 is 0 Å². The fourth-order valence-corrected chi connectivity index (χ4v) is 1.67. The summed E-state index contributed by atoms with van der Waals surface area (Å²) in [5, 5.41) is 0. The van der Waals surface area contributed by atoms with Gasteiger partial charge in [0.15, 0.2) is 5.78 Å². The minimum absolute atomic E-state index is 0.130. The molecule has 0 aliphatic carbocycles. The molecule has 0 radical (unpaired) electrons. The lowest BCUT2D eigenvalue weighted by molar-refractivity contribution is 0.101. The standard InChI is InChI=1S/C9H8I2O/c1-6(12)7-3-2-4-8(5-7)9(10)11/h2-5,9H,1H3. The highest BCUT2D eigenvalue weighted by Crippen LogP contribution is 2.30.